The molecule has 94 valence electrons. The molecule has 0 radical (unpaired) electrons. The molecule has 0 spiro atoms. The second kappa shape index (κ2) is 6.18. The highest BCUT2D eigenvalue weighted by Crippen LogP contribution is 2.35. The Morgan fingerprint density at radius 2 is 1.88 bits per heavy atom. The molecule has 1 aliphatic rings. The van der Waals surface area contributed by atoms with Crippen LogP contribution in [0.1, 0.15) is 44.3 Å². The molecule has 0 aromatic heterocycles. The Morgan fingerprint density at radius 1 is 1.24 bits per heavy atom. The van der Waals surface area contributed by atoms with Crippen molar-refractivity contribution in [2.45, 2.75) is 44.8 Å². The number of aliphatic hydroxyl groups excluding tert-OH is 1. The highest BCUT2D eigenvalue weighted by molar-refractivity contribution is 5.19. The first-order chi connectivity index (χ1) is 8.33. The number of benzene rings is 1. The van der Waals surface area contributed by atoms with Crippen LogP contribution < -0.4 is 0 Å². The smallest absolute Gasteiger partial charge is 0.109 e. The summed E-state index contributed by atoms with van der Waals surface area (Å²) < 4.78 is 5.75. The molecule has 17 heavy (non-hydrogen) atoms. The summed E-state index contributed by atoms with van der Waals surface area (Å²) in [7, 11) is 0. The van der Waals surface area contributed by atoms with Gasteiger partial charge in [0.25, 0.3) is 0 Å². The summed E-state index contributed by atoms with van der Waals surface area (Å²) in [5, 5.41) is 10.5. The topological polar surface area (TPSA) is 29.5 Å². The van der Waals surface area contributed by atoms with E-state index in [1.165, 1.54) is 12.8 Å². The lowest BCUT2D eigenvalue weighted by atomic mass is 9.92. The first-order valence-corrected chi connectivity index (χ1v) is 6.67. The number of rotatable bonds is 5. The average Bonchev–Trinajstić information content (AvgIpc) is 2.90. The molecule has 2 unspecified atom stereocenters. The van der Waals surface area contributed by atoms with E-state index in [2.05, 4.69) is 0 Å². The van der Waals surface area contributed by atoms with E-state index in [4.69, 9.17) is 4.74 Å². The van der Waals surface area contributed by atoms with E-state index in [9.17, 15) is 5.11 Å². The van der Waals surface area contributed by atoms with Crippen molar-refractivity contribution in [3.8, 4) is 0 Å². The van der Waals surface area contributed by atoms with Gasteiger partial charge in [-0.1, -0.05) is 43.2 Å². The van der Waals surface area contributed by atoms with Crippen LogP contribution >= 0.6 is 0 Å². The van der Waals surface area contributed by atoms with Crippen molar-refractivity contribution < 1.29 is 9.84 Å². The van der Waals surface area contributed by atoms with Gasteiger partial charge in [-0.3, -0.25) is 0 Å². The van der Waals surface area contributed by atoms with Crippen LogP contribution in [-0.2, 0) is 4.74 Å². The summed E-state index contributed by atoms with van der Waals surface area (Å²) in [5.41, 5.74) is 1.09. The van der Waals surface area contributed by atoms with Crippen molar-refractivity contribution in [1.29, 1.82) is 0 Å². The number of hydrogen-bond acceptors (Lipinski definition) is 2. The van der Waals surface area contributed by atoms with Crippen molar-refractivity contribution in [3.63, 3.8) is 0 Å². The molecule has 0 aliphatic heterocycles. The third-order valence-corrected chi connectivity index (χ3v) is 3.67. The first kappa shape index (κ1) is 12.6. The van der Waals surface area contributed by atoms with E-state index in [0.717, 1.165) is 18.4 Å². The minimum atomic E-state index is -0.361. The van der Waals surface area contributed by atoms with Gasteiger partial charge in [0, 0.05) is 6.61 Å². The predicted octanol–water partition coefficient (Wildman–Crippen LogP) is 3.32. The van der Waals surface area contributed by atoms with Crippen molar-refractivity contribution in [1.82, 2.24) is 0 Å². The molecule has 0 amide bonds. The maximum atomic E-state index is 10.5. The molecule has 1 aliphatic carbocycles. The molecule has 1 saturated carbocycles. The second-order valence-corrected chi connectivity index (χ2v) is 4.82. The monoisotopic (exact) mass is 234 g/mol. The highest BCUT2D eigenvalue weighted by Gasteiger charge is 2.31. The summed E-state index contributed by atoms with van der Waals surface area (Å²) in [6, 6.07) is 10.1. The Kier molecular flexibility index (Phi) is 4.57. The number of aliphatic hydroxyl groups is 1. The van der Waals surface area contributed by atoms with Crippen LogP contribution in [0.4, 0.5) is 0 Å². The minimum absolute atomic E-state index is 0.163. The number of hydrogen-bond donors (Lipinski definition) is 1. The molecule has 0 bridgehead atoms. The van der Waals surface area contributed by atoms with Gasteiger partial charge in [0.2, 0.25) is 0 Å². The molecule has 0 heterocycles. The molecule has 2 heteroatoms. The number of ether oxygens (including phenoxy) is 1. The molecule has 1 aromatic rings. The Labute approximate surface area is 104 Å². The van der Waals surface area contributed by atoms with Crippen molar-refractivity contribution >= 4 is 0 Å². The van der Waals surface area contributed by atoms with Crippen LogP contribution in [-0.4, -0.2) is 17.8 Å². The predicted molar refractivity (Wildman–Crippen MR) is 68.8 cm³/mol. The van der Waals surface area contributed by atoms with Gasteiger partial charge in [0.15, 0.2) is 0 Å². The molecule has 0 saturated heterocycles. The van der Waals surface area contributed by atoms with Gasteiger partial charge in [-0.25, -0.2) is 0 Å². The molecule has 2 atom stereocenters. The molecule has 2 rings (SSSR count). The van der Waals surface area contributed by atoms with Crippen molar-refractivity contribution in [2.24, 2.45) is 5.92 Å². The zero-order chi connectivity index (χ0) is 12.1. The standard InChI is InChI=1S/C15H22O2/c1-2-17-15(13-10-4-3-5-11-13)14(16)12-8-6-7-9-12/h3-5,10-12,14-16H,2,6-9H2,1H3. The SMILES string of the molecule is CCOC(c1ccccc1)C(O)C1CCCC1. The van der Waals surface area contributed by atoms with Crippen LogP contribution in [0.2, 0.25) is 0 Å². The molecule has 2 nitrogen and oxygen atoms in total. The Morgan fingerprint density at radius 3 is 2.47 bits per heavy atom. The van der Waals surface area contributed by atoms with Crippen molar-refractivity contribution in [2.75, 3.05) is 6.61 Å². The van der Waals surface area contributed by atoms with E-state index in [0.29, 0.717) is 12.5 Å². The van der Waals surface area contributed by atoms with Crippen LogP contribution in [0, 0.1) is 5.92 Å². The van der Waals surface area contributed by atoms with Crippen LogP contribution in [0.5, 0.6) is 0 Å². The third-order valence-electron chi connectivity index (χ3n) is 3.67. The lowest BCUT2D eigenvalue weighted by Crippen LogP contribution is -2.28. The fourth-order valence-corrected chi connectivity index (χ4v) is 2.76. The summed E-state index contributed by atoms with van der Waals surface area (Å²) in [6.45, 7) is 2.63. The van der Waals surface area contributed by atoms with Crippen LogP contribution in [0.25, 0.3) is 0 Å². The molecular formula is C15H22O2. The summed E-state index contributed by atoms with van der Waals surface area (Å²) in [5.74, 6) is 0.409. The Balaban J connectivity index is 2.10. The van der Waals surface area contributed by atoms with E-state index in [1.54, 1.807) is 0 Å². The molecule has 1 fully saturated rings. The zero-order valence-electron chi connectivity index (χ0n) is 10.5. The van der Waals surface area contributed by atoms with Crippen LogP contribution in [0.15, 0.2) is 30.3 Å². The lowest BCUT2D eigenvalue weighted by molar-refractivity contribution is -0.0594. The second-order valence-electron chi connectivity index (χ2n) is 4.82. The van der Waals surface area contributed by atoms with Gasteiger partial charge in [-0.2, -0.15) is 0 Å². The Bertz CT molecular complexity index is 317. The summed E-state index contributed by atoms with van der Waals surface area (Å²) >= 11 is 0. The van der Waals surface area contributed by atoms with Crippen LogP contribution in [0.3, 0.4) is 0 Å². The van der Waals surface area contributed by atoms with E-state index < -0.39 is 0 Å². The normalized spacial score (nSPS) is 20.4. The summed E-state index contributed by atoms with van der Waals surface area (Å²) in [4.78, 5) is 0. The molecule has 1 N–H and O–H groups in total. The Hall–Kier alpha value is -0.860. The van der Waals surface area contributed by atoms with Gasteiger partial charge in [-0.05, 0) is 31.2 Å². The fourth-order valence-electron chi connectivity index (χ4n) is 2.76. The van der Waals surface area contributed by atoms with Gasteiger partial charge < -0.3 is 9.84 Å². The average molecular weight is 234 g/mol. The van der Waals surface area contributed by atoms with Gasteiger partial charge >= 0.3 is 0 Å². The van der Waals surface area contributed by atoms with Gasteiger partial charge in [-0.15, -0.1) is 0 Å². The zero-order valence-corrected chi connectivity index (χ0v) is 10.5. The highest BCUT2D eigenvalue weighted by atomic mass is 16.5. The lowest BCUT2D eigenvalue weighted by Gasteiger charge is -2.27. The molecule has 1 aromatic carbocycles. The van der Waals surface area contributed by atoms with Gasteiger partial charge in [0.1, 0.15) is 6.10 Å². The van der Waals surface area contributed by atoms with Crippen molar-refractivity contribution in [3.05, 3.63) is 35.9 Å². The first-order valence-electron chi connectivity index (χ1n) is 6.67. The van der Waals surface area contributed by atoms with E-state index in [1.807, 2.05) is 37.3 Å². The van der Waals surface area contributed by atoms with E-state index >= 15 is 0 Å². The maximum Gasteiger partial charge on any atom is 0.109 e. The minimum Gasteiger partial charge on any atom is -0.390 e. The third kappa shape index (κ3) is 3.08. The fraction of sp³-hybridized carbons (Fsp3) is 0.600. The van der Waals surface area contributed by atoms with Gasteiger partial charge in [0.05, 0.1) is 6.10 Å². The summed E-state index contributed by atoms with van der Waals surface area (Å²) in [6.07, 6.45) is 4.24. The molecular weight excluding hydrogens is 212 g/mol. The van der Waals surface area contributed by atoms with E-state index in [-0.39, 0.29) is 12.2 Å². The largest absolute Gasteiger partial charge is 0.390 e. The maximum absolute atomic E-state index is 10.5. The quantitative estimate of drug-likeness (QED) is 0.847.